The van der Waals surface area contributed by atoms with E-state index in [1.807, 2.05) is 24.3 Å². The molecule has 0 radical (unpaired) electrons. The maximum atomic E-state index is 11.2. The molecule has 1 unspecified atom stereocenters. The van der Waals surface area contributed by atoms with Gasteiger partial charge < -0.3 is 15.4 Å². The lowest BCUT2D eigenvalue weighted by molar-refractivity contribution is -0.122. The van der Waals surface area contributed by atoms with E-state index in [1.54, 1.807) is 7.05 Å². The van der Waals surface area contributed by atoms with Crippen molar-refractivity contribution in [2.24, 2.45) is 5.41 Å². The number of benzene rings is 1. The monoisotopic (exact) mass is 276 g/mol. The Labute approximate surface area is 120 Å². The van der Waals surface area contributed by atoms with E-state index in [2.05, 4.69) is 24.5 Å². The number of ether oxygens (including phenoxy) is 1. The van der Waals surface area contributed by atoms with Crippen LogP contribution in [0.1, 0.15) is 33.1 Å². The molecule has 1 atom stereocenters. The van der Waals surface area contributed by atoms with Crippen molar-refractivity contribution in [3.05, 3.63) is 24.3 Å². The van der Waals surface area contributed by atoms with Crippen molar-refractivity contribution in [3.63, 3.8) is 0 Å². The van der Waals surface area contributed by atoms with Crippen molar-refractivity contribution < 1.29 is 9.53 Å². The van der Waals surface area contributed by atoms with Crippen LogP contribution >= 0.6 is 0 Å². The summed E-state index contributed by atoms with van der Waals surface area (Å²) in [5.74, 6) is 0.592. The van der Waals surface area contributed by atoms with Gasteiger partial charge in [0.15, 0.2) is 6.61 Å². The zero-order chi connectivity index (χ0) is 14.6. The fourth-order valence-electron chi connectivity index (χ4n) is 2.69. The van der Waals surface area contributed by atoms with Crippen LogP contribution in [-0.2, 0) is 4.79 Å². The first kappa shape index (κ1) is 14.7. The summed E-state index contributed by atoms with van der Waals surface area (Å²) in [5, 5.41) is 6.13. The summed E-state index contributed by atoms with van der Waals surface area (Å²) in [4.78, 5) is 11.2. The van der Waals surface area contributed by atoms with E-state index in [1.165, 1.54) is 19.3 Å². The van der Waals surface area contributed by atoms with Gasteiger partial charge in [0.1, 0.15) is 5.75 Å². The van der Waals surface area contributed by atoms with Crippen LogP contribution in [0.4, 0.5) is 5.69 Å². The molecule has 4 heteroatoms. The predicted molar refractivity (Wildman–Crippen MR) is 81.0 cm³/mol. The Kier molecular flexibility index (Phi) is 4.53. The standard InChI is InChI=1S/C16H24N2O2/c1-16(2)9-5-8-14(16)18-12-6-4-7-13(10-12)20-11-15(19)17-3/h4,6-7,10,14,18H,5,8-9,11H2,1-3H3,(H,17,19). The van der Waals surface area contributed by atoms with E-state index >= 15 is 0 Å². The van der Waals surface area contributed by atoms with Crippen molar-refractivity contribution in [1.82, 2.24) is 5.32 Å². The smallest absolute Gasteiger partial charge is 0.257 e. The first-order valence-electron chi connectivity index (χ1n) is 7.21. The molecule has 0 spiro atoms. The highest BCUT2D eigenvalue weighted by Gasteiger charge is 2.34. The molecule has 0 bridgehead atoms. The molecule has 1 aromatic rings. The Hall–Kier alpha value is -1.71. The lowest BCUT2D eigenvalue weighted by atomic mass is 9.87. The van der Waals surface area contributed by atoms with Gasteiger partial charge in [-0.05, 0) is 30.4 Å². The van der Waals surface area contributed by atoms with Crippen LogP contribution in [0.15, 0.2) is 24.3 Å². The van der Waals surface area contributed by atoms with Crippen molar-refractivity contribution in [2.75, 3.05) is 19.0 Å². The molecule has 2 rings (SSSR count). The Bertz CT molecular complexity index is 471. The van der Waals surface area contributed by atoms with Gasteiger partial charge in [0.2, 0.25) is 0 Å². The van der Waals surface area contributed by atoms with E-state index in [4.69, 9.17) is 4.74 Å². The number of hydrogen-bond acceptors (Lipinski definition) is 3. The third-order valence-corrected chi connectivity index (χ3v) is 4.08. The minimum Gasteiger partial charge on any atom is -0.484 e. The van der Waals surface area contributed by atoms with Crippen molar-refractivity contribution in [2.45, 2.75) is 39.2 Å². The van der Waals surface area contributed by atoms with Crippen LogP contribution in [-0.4, -0.2) is 25.6 Å². The molecule has 0 aromatic heterocycles. The van der Waals surface area contributed by atoms with Crippen LogP contribution < -0.4 is 15.4 Å². The maximum Gasteiger partial charge on any atom is 0.257 e. The summed E-state index contributed by atoms with van der Waals surface area (Å²) in [5.41, 5.74) is 1.39. The number of rotatable bonds is 5. The molecule has 0 heterocycles. The average Bonchev–Trinajstić information content (AvgIpc) is 2.76. The average molecular weight is 276 g/mol. The zero-order valence-corrected chi connectivity index (χ0v) is 12.5. The Balaban J connectivity index is 1.97. The minimum absolute atomic E-state index is 0.0505. The van der Waals surface area contributed by atoms with E-state index in [-0.39, 0.29) is 12.5 Å². The lowest BCUT2D eigenvalue weighted by Gasteiger charge is -2.28. The third kappa shape index (κ3) is 3.65. The largest absolute Gasteiger partial charge is 0.484 e. The normalized spacial score (nSPS) is 20.4. The first-order valence-corrected chi connectivity index (χ1v) is 7.21. The molecule has 1 aliphatic carbocycles. The number of carbonyl (C=O) groups excluding carboxylic acids is 1. The number of hydrogen-bond donors (Lipinski definition) is 2. The molecule has 1 aliphatic rings. The molecule has 1 amide bonds. The van der Waals surface area contributed by atoms with Crippen molar-refractivity contribution >= 4 is 11.6 Å². The molecule has 0 saturated heterocycles. The molecular formula is C16H24N2O2. The molecule has 1 aromatic carbocycles. The zero-order valence-electron chi connectivity index (χ0n) is 12.5. The first-order chi connectivity index (χ1) is 9.51. The van der Waals surface area contributed by atoms with Gasteiger partial charge in [-0.15, -0.1) is 0 Å². The van der Waals surface area contributed by atoms with Gasteiger partial charge in [0.05, 0.1) is 0 Å². The quantitative estimate of drug-likeness (QED) is 0.869. The van der Waals surface area contributed by atoms with E-state index < -0.39 is 0 Å². The molecule has 20 heavy (non-hydrogen) atoms. The predicted octanol–water partition coefficient (Wildman–Crippen LogP) is 2.80. The molecule has 2 N–H and O–H groups in total. The number of amides is 1. The fourth-order valence-corrected chi connectivity index (χ4v) is 2.69. The number of likely N-dealkylation sites (N-methyl/N-ethyl adjacent to an activating group) is 1. The Morgan fingerprint density at radius 1 is 1.45 bits per heavy atom. The Morgan fingerprint density at radius 3 is 2.90 bits per heavy atom. The van der Waals surface area contributed by atoms with Crippen molar-refractivity contribution in [1.29, 1.82) is 0 Å². The highest BCUT2D eigenvalue weighted by molar-refractivity contribution is 5.77. The van der Waals surface area contributed by atoms with E-state index in [0.717, 1.165) is 11.4 Å². The summed E-state index contributed by atoms with van der Waals surface area (Å²) < 4.78 is 5.46. The molecule has 0 aliphatic heterocycles. The summed E-state index contributed by atoms with van der Waals surface area (Å²) in [6.07, 6.45) is 3.74. The summed E-state index contributed by atoms with van der Waals surface area (Å²) in [7, 11) is 1.60. The molecule has 1 fully saturated rings. The molecule has 1 saturated carbocycles. The minimum atomic E-state index is -0.125. The fraction of sp³-hybridized carbons (Fsp3) is 0.562. The van der Waals surface area contributed by atoms with E-state index in [0.29, 0.717) is 11.5 Å². The second-order valence-electron chi connectivity index (χ2n) is 6.07. The lowest BCUT2D eigenvalue weighted by Crippen LogP contribution is -2.30. The Morgan fingerprint density at radius 2 is 2.25 bits per heavy atom. The van der Waals surface area contributed by atoms with Crippen LogP contribution in [0.3, 0.4) is 0 Å². The molecular weight excluding hydrogens is 252 g/mol. The number of anilines is 1. The van der Waals surface area contributed by atoms with Gasteiger partial charge >= 0.3 is 0 Å². The van der Waals surface area contributed by atoms with Gasteiger partial charge in [-0.25, -0.2) is 0 Å². The van der Waals surface area contributed by atoms with Crippen LogP contribution in [0, 0.1) is 5.41 Å². The summed E-state index contributed by atoms with van der Waals surface area (Å²) in [6.45, 7) is 4.67. The highest BCUT2D eigenvalue weighted by Crippen LogP contribution is 2.39. The van der Waals surface area contributed by atoms with Gasteiger partial charge in [-0.1, -0.05) is 26.3 Å². The molecule has 4 nitrogen and oxygen atoms in total. The van der Waals surface area contributed by atoms with Gasteiger partial charge in [-0.3, -0.25) is 4.79 Å². The van der Waals surface area contributed by atoms with Crippen molar-refractivity contribution in [3.8, 4) is 5.75 Å². The summed E-state index contributed by atoms with van der Waals surface area (Å²) in [6, 6.07) is 8.31. The maximum absolute atomic E-state index is 11.2. The number of carbonyl (C=O) groups is 1. The SMILES string of the molecule is CNC(=O)COc1cccc(NC2CCCC2(C)C)c1. The van der Waals surface area contributed by atoms with Gasteiger partial charge in [0, 0.05) is 24.8 Å². The second kappa shape index (κ2) is 6.16. The van der Waals surface area contributed by atoms with Crippen LogP contribution in [0.25, 0.3) is 0 Å². The summed E-state index contributed by atoms with van der Waals surface area (Å²) >= 11 is 0. The van der Waals surface area contributed by atoms with Gasteiger partial charge in [-0.2, -0.15) is 0 Å². The van der Waals surface area contributed by atoms with E-state index in [9.17, 15) is 4.79 Å². The second-order valence-corrected chi connectivity index (χ2v) is 6.07. The number of nitrogens with one attached hydrogen (secondary N) is 2. The topological polar surface area (TPSA) is 50.4 Å². The van der Waals surface area contributed by atoms with Crippen LogP contribution in [0.5, 0.6) is 5.75 Å². The van der Waals surface area contributed by atoms with Gasteiger partial charge in [0.25, 0.3) is 5.91 Å². The highest BCUT2D eigenvalue weighted by atomic mass is 16.5. The van der Waals surface area contributed by atoms with Crippen LogP contribution in [0.2, 0.25) is 0 Å². The third-order valence-electron chi connectivity index (χ3n) is 4.08. The molecule has 110 valence electrons.